The van der Waals surface area contributed by atoms with Crippen LogP contribution in [0.3, 0.4) is 0 Å². The monoisotopic (exact) mass is 454 g/mol. The Balaban J connectivity index is 0.00000166. The predicted octanol–water partition coefficient (Wildman–Crippen LogP) is 6.09. The molecule has 1 aromatic heterocycles. The quantitative estimate of drug-likeness (QED) is 0.423. The lowest BCUT2D eigenvalue weighted by Crippen LogP contribution is -2.20. The number of esters is 1. The van der Waals surface area contributed by atoms with Crippen molar-refractivity contribution >= 4 is 17.6 Å². The van der Waals surface area contributed by atoms with Crippen molar-refractivity contribution in [1.82, 2.24) is 9.78 Å². The SMILES string of the molecule is CC.COC(=O)C(Oc1ccc(Cl)cc1-c1ccn(CC(F)(F)F)n1)c1ccccc1. The second kappa shape index (κ2) is 10.9. The lowest BCUT2D eigenvalue weighted by molar-refractivity contribution is -0.149. The van der Waals surface area contributed by atoms with Crippen molar-refractivity contribution in [2.45, 2.75) is 32.7 Å². The van der Waals surface area contributed by atoms with E-state index in [1.165, 1.54) is 31.5 Å². The first kappa shape index (κ1) is 24.3. The molecular weight excluding hydrogens is 433 g/mol. The summed E-state index contributed by atoms with van der Waals surface area (Å²) in [6.45, 7) is 2.78. The van der Waals surface area contributed by atoms with E-state index in [9.17, 15) is 18.0 Å². The molecule has 0 aliphatic carbocycles. The molecule has 3 rings (SSSR count). The standard InChI is InChI=1S/C20H16ClF3N2O3.C2H6/c1-28-19(27)18(13-5-3-2-4-6-13)29-17-8-7-14(21)11-15(17)16-9-10-26(25-16)12-20(22,23)24;1-2/h2-11,18H,12H2,1H3;1-2H3. The topological polar surface area (TPSA) is 53.4 Å². The zero-order valence-corrected chi connectivity index (χ0v) is 17.9. The van der Waals surface area contributed by atoms with E-state index in [1.54, 1.807) is 36.4 Å². The summed E-state index contributed by atoms with van der Waals surface area (Å²) in [4.78, 5) is 12.3. The maximum atomic E-state index is 12.6. The van der Waals surface area contributed by atoms with E-state index >= 15 is 0 Å². The fourth-order valence-electron chi connectivity index (χ4n) is 2.70. The molecule has 0 bridgehead atoms. The fourth-order valence-corrected chi connectivity index (χ4v) is 2.87. The van der Waals surface area contributed by atoms with E-state index in [-0.39, 0.29) is 11.4 Å². The number of hydrogen-bond acceptors (Lipinski definition) is 4. The molecule has 0 amide bonds. The molecule has 0 radical (unpaired) electrons. The number of alkyl halides is 3. The van der Waals surface area contributed by atoms with Gasteiger partial charge in [-0.1, -0.05) is 55.8 Å². The van der Waals surface area contributed by atoms with E-state index in [0.717, 1.165) is 4.68 Å². The molecule has 0 saturated carbocycles. The van der Waals surface area contributed by atoms with Crippen LogP contribution in [0.2, 0.25) is 5.02 Å². The van der Waals surface area contributed by atoms with Crippen molar-refractivity contribution in [2.75, 3.05) is 7.11 Å². The second-order valence-corrected chi connectivity index (χ2v) is 6.52. The van der Waals surface area contributed by atoms with Crippen LogP contribution < -0.4 is 4.74 Å². The average molecular weight is 455 g/mol. The van der Waals surface area contributed by atoms with Gasteiger partial charge < -0.3 is 9.47 Å². The molecule has 1 atom stereocenters. The Morgan fingerprint density at radius 1 is 1.13 bits per heavy atom. The number of carbonyl (C=O) groups is 1. The fraction of sp³-hybridized carbons (Fsp3) is 0.273. The minimum absolute atomic E-state index is 0.225. The van der Waals surface area contributed by atoms with Gasteiger partial charge in [-0.05, 0) is 24.3 Å². The van der Waals surface area contributed by atoms with Gasteiger partial charge in [0.15, 0.2) is 0 Å². The largest absolute Gasteiger partial charge is 0.473 e. The van der Waals surface area contributed by atoms with Crippen LogP contribution in [-0.2, 0) is 16.1 Å². The molecular formula is C22H22ClF3N2O3. The molecule has 0 aliphatic heterocycles. The lowest BCUT2D eigenvalue weighted by atomic mass is 10.1. The summed E-state index contributed by atoms with van der Waals surface area (Å²) in [6.07, 6.45) is -4.26. The summed E-state index contributed by atoms with van der Waals surface area (Å²) in [6, 6.07) is 14.7. The number of rotatable bonds is 6. The maximum absolute atomic E-state index is 12.6. The van der Waals surface area contributed by atoms with Gasteiger partial charge in [0, 0.05) is 22.3 Å². The van der Waals surface area contributed by atoms with Crippen LogP contribution in [-0.4, -0.2) is 29.0 Å². The van der Waals surface area contributed by atoms with Crippen LogP contribution in [0.15, 0.2) is 60.8 Å². The summed E-state index contributed by atoms with van der Waals surface area (Å²) in [5.74, 6) is -0.398. The number of methoxy groups -OCH3 is 1. The Morgan fingerprint density at radius 3 is 2.42 bits per heavy atom. The number of benzene rings is 2. The number of aromatic nitrogens is 2. The average Bonchev–Trinajstić information content (AvgIpc) is 3.21. The number of carbonyl (C=O) groups excluding carboxylic acids is 1. The van der Waals surface area contributed by atoms with Gasteiger partial charge in [-0.25, -0.2) is 4.79 Å². The molecule has 166 valence electrons. The van der Waals surface area contributed by atoms with E-state index < -0.39 is 24.8 Å². The molecule has 0 saturated heterocycles. The van der Waals surface area contributed by atoms with Gasteiger partial charge in [0.25, 0.3) is 0 Å². The lowest BCUT2D eigenvalue weighted by Gasteiger charge is -2.19. The number of halogens is 4. The van der Waals surface area contributed by atoms with Crippen LogP contribution in [0.25, 0.3) is 11.3 Å². The van der Waals surface area contributed by atoms with Crippen molar-refractivity contribution < 1.29 is 27.4 Å². The Kier molecular flexibility index (Phi) is 8.50. The Bertz CT molecular complexity index is 991. The predicted molar refractivity (Wildman–Crippen MR) is 112 cm³/mol. The van der Waals surface area contributed by atoms with Gasteiger partial charge >= 0.3 is 12.1 Å². The molecule has 1 heterocycles. The molecule has 2 aromatic carbocycles. The van der Waals surface area contributed by atoms with E-state index in [0.29, 0.717) is 16.1 Å². The first-order valence-electron chi connectivity index (χ1n) is 9.46. The van der Waals surface area contributed by atoms with E-state index in [1.807, 2.05) is 13.8 Å². The summed E-state index contributed by atoms with van der Waals surface area (Å²) >= 11 is 6.06. The molecule has 0 fully saturated rings. The van der Waals surface area contributed by atoms with Gasteiger partial charge in [0.05, 0.1) is 12.8 Å². The van der Waals surface area contributed by atoms with Gasteiger partial charge in [-0.15, -0.1) is 0 Å². The number of ether oxygens (including phenoxy) is 2. The third-order valence-corrected chi connectivity index (χ3v) is 4.20. The zero-order valence-electron chi connectivity index (χ0n) is 17.2. The van der Waals surface area contributed by atoms with Crippen molar-refractivity contribution in [3.63, 3.8) is 0 Å². The van der Waals surface area contributed by atoms with Crippen molar-refractivity contribution in [3.05, 3.63) is 71.4 Å². The van der Waals surface area contributed by atoms with E-state index in [2.05, 4.69) is 5.10 Å². The van der Waals surface area contributed by atoms with Crippen LogP contribution in [0.4, 0.5) is 13.2 Å². The van der Waals surface area contributed by atoms with Gasteiger partial charge in [-0.3, -0.25) is 4.68 Å². The van der Waals surface area contributed by atoms with Gasteiger partial charge in [0.2, 0.25) is 6.10 Å². The number of hydrogen-bond donors (Lipinski definition) is 0. The highest BCUT2D eigenvalue weighted by Gasteiger charge is 2.29. The van der Waals surface area contributed by atoms with Gasteiger partial charge in [0.1, 0.15) is 12.3 Å². The van der Waals surface area contributed by atoms with E-state index in [4.69, 9.17) is 21.1 Å². The summed E-state index contributed by atoms with van der Waals surface area (Å²) in [7, 11) is 1.24. The second-order valence-electron chi connectivity index (χ2n) is 6.09. The summed E-state index contributed by atoms with van der Waals surface area (Å²) in [5, 5.41) is 4.29. The van der Waals surface area contributed by atoms with Crippen molar-refractivity contribution in [1.29, 1.82) is 0 Å². The molecule has 31 heavy (non-hydrogen) atoms. The Hall–Kier alpha value is -3.00. The van der Waals surface area contributed by atoms with Crippen molar-refractivity contribution in [3.8, 4) is 17.0 Å². The minimum Gasteiger partial charge on any atom is -0.473 e. The smallest absolute Gasteiger partial charge is 0.408 e. The highest BCUT2D eigenvalue weighted by molar-refractivity contribution is 6.31. The Labute approximate surface area is 183 Å². The highest BCUT2D eigenvalue weighted by atomic mass is 35.5. The number of nitrogens with zero attached hydrogens (tertiary/aromatic N) is 2. The minimum atomic E-state index is -4.40. The molecule has 0 spiro atoms. The first-order chi connectivity index (χ1) is 14.8. The summed E-state index contributed by atoms with van der Waals surface area (Å²) < 4.78 is 49.4. The molecule has 9 heteroatoms. The molecule has 0 aliphatic rings. The molecule has 3 aromatic rings. The van der Waals surface area contributed by atoms with Crippen LogP contribution in [0, 0.1) is 0 Å². The first-order valence-corrected chi connectivity index (χ1v) is 9.84. The molecule has 1 unspecified atom stereocenters. The van der Waals surface area contributed by atoms with Crippen molar-refractivity contribution in [2.24, 2.45) is 0 Å². The highest BCUT2D eigenvalue weighted by Crippen LogP contribution is 2.35. The maximum Gasteiger partial charge on any atom is 0.408 e. The third kappa shape index (κ3) is 6.75. The Morgan fingerprint density at radius 2 is 1.81 bits per heavy atom. The zero-order chi connectivity index (χ0) is 23.0. The van der Waals surface area contributed by atoms with Crippen LogP contribution >= 0.6 is 11.6 Å². The van der Waals surface area contributed by atoms with Crippen LogP contribution in [0.1, 0.15) is 25.5 Å². The molecule has 0 N–H and O–H groups in total. The van der Waals surface area contributed by atoms with Gasteiger partial charge in [-0.2, -0.15) is 18.3 Å². The molecule has 5 nitrogen and oxygen atoms in total. The van der Waals surface area contributed by atoms with Crippen LogP contribution in [0.5, 0.6) is 5.75 Å². The summed E-state index contributed by atoms with van der Waals surface area (Å²) in [5.41, 5.74) is 1.13. The third-order valence-electron chi connectivity index (χ3n) is 3.96. The normalized spacial score (nSPS) is 11.8.